The molecule has 2 heteroatoms. The molecule has 1 saturated carbocycles. The van der Waals surface area contributed by atoms with E-state index in [0.717, 1.165) is 5.92 Å². The second-order valence-electron chi connectivity index (χ2n) is 3.68. The SMILES string of the molecule is Cc1ccsc1C(N)C1CCC1. The molecule has 0 spiro atoms. The molecule has 1 nitrogen and oxygen atoms in total. The predicted octanol–water partition coefficient (Wildman–Crippen LogP) is 2.86. The second kappa shape index (κ2) is 3.19. The van der Waals surface area contributed by atoms with Gasteiger partial charge in [0.2, 0.25) is 0 Å². The Morgan fingerprint density at radius 1 is 1.58 bits per heavy atom. The maximum atomic E-state index is 6.16. The van der Waals surface area contributed by atoms with Crippen molar-refractivity contribution in [3.8, 4) is 0 Å². The topological polar surface area (TPSA) is 26.0 Å². The summed E-state index contributed by atoms with van der Waals surface area (Å²) in [5.74, 6) is 0.766. The standard InChI is InChI=1S/C10H15NS/c1-7-5-6-12-10(7)9(11)8-3-2-4-8/h5-6,8-9H,2-4,11H2,1H3. The third-order valence-electron chi connectivity index (χ3n) is 2.86. The summed E-state index contributed by atoms with van der Waals surface area (Å²) < 4.78 is 0. The van der Waals surface area contributed by atoms with Crippen molar-refractivity contribution in [3.63, 3.8) is 0 Å². The van der Waals surface area contributed by atoms with Gasteiger partial charge in [0.15, 0.2) is 0 Å². The quantitative estimate of drug-likeness (QED) is 0.746. The van der Waals surface area contributed by atoms with Gasteiger partial charge in [0.1, 0.15) is 0 Å². The Balaban J connectivity index is 2.13. The van der Waals surface area contributed by atoms with E-state index in [1.54, 1.807) is 0 Å². The highest BCUT2D eigenvalue weighted by atomic mass is 32.1. The van der Waals surface area contributed by atoms with Gasteiger partial charge in [-0.3, -0.25) is 0 Å². The molecule has 12 heavy (non-hydrogen) atoms. The fourth-order valence-corrected chi connectivity index (χ4v) is 2.76. The van der Waals surface area contributed by atoms with Crippen LogP contribution in [0.4, 0.5) is 0 Å². The Kier molecular flexibility index (Phi) is 2.20. The van der Waals surface area contributed by atoms with Crippen molar-refractivity contribution in [1.82, 2.24) is 0 Å². The van der Waals surface area contributed by atoms with Crippen LogP contribution in [0.1, 0.15) is 35.7 Å². The number of aryl methyl sites for hydroxylation is 1. The van der Waals surface area contributed by atoms with Crippen molar-refractivity contribution in [2.45, 2.75) is 32.2 Å². The molecule has 0 aliphatic heterocycles. The van der Waals surface area contributed by atoms with E-state index >= 15 is 0 Å². The minimum absolute atomic E-state index is 0.318. The van der Waals surface area contributed by atoms with Crippen LogP contribution in [0.2, 0.25) is 0 Å². The zero-order valence-corrected chi connectivity index (χ0v) is 8.23. The largest absolute Gasteiger partial charge is 0.323 e. The maximum absolute atomic E-state index is 6.16. The van der Waals surface area contributed by atoms with E-state index in [-0.39, 0.29) is 0 Å². The fourth-order valence-electron chi connectivity index (χ4n) is 1.74. The normalized spacial score (nSPS) is 20.5. The van der Waals surface area contributed by atoms with Crippen molar-refractivity contribution in [2.24, 2.45) is 11.7 Å². The van der Waals surface area contributed by atoms with Gasteiger partial charge in [-0.05, 0) is 42.7 Å². The van der Waals surface area contributed by atoms with E-state index in [0.29, 0.717) is 6.04 Å². The molecule has 0 saturated heterocycles. The zero-order valence-electron chi connectivity index (χ0n) is 7.42. The molecule has 1 aliphatic rings. The van der Waals surface area contributed by atoms with E-state index in [2.05, 4.69) is 18.4 Å². The molecule has 1 aromatic heterocycles. The van der Waals surface area contributed by atoms with Crippen LogP contribution >= 0.6 is 11.3 Å². The second-order valence-corrected chi connectivity index (χ2v) is 4.63. The molecule has 0 radical (unpaired) electrons. The first-order valence-electron chi connectivity index (χ1n) is 4.58. The average Bonchev–Trinajstić information content (AvgIpc) is 2.31. The van der Waals surface area contributed by atoms with Gasteiger partial charge in [0, 0.05) is 10.9 Å². The summed E-state index contributed by atoms with van der Waals surface area (Å²) in [4.78, 5) is 1.40. The highest BCUT2D eigenvalue weighted by molar-refractivity contribution is 7.10. The lowest BCUT2D eigenvalue weighted by molar-refractivity contribution is 0.266. The lowest BCUT2D eigenvalue weighted by atomic mass is 9.79. The summed E-state index contributed by atoms with van der Waals surface area (Å²) in [5.41, 5.74) is 7.53. The van der Waals surface area contributed by atoms with Crippen molar-refractivity contribution >= 4 is 11.3 Å². The Bertz CT molecular complexity index is 263. The Labute approximate surface area is 77.6 Å². The third kappa shape index (κ3) is 1.29. The summed E-state index contributed by atoms with van der Waals surface area (Å²) in [6, 6.07) is 2.48. The van der Waals surface area contributed by atoms with E-state index in [9.17, 15) is 0 Å². The lowest BCUT2D eigenvalue weighted by Crippen LogP contribution is -2.26. The van der Waals surface area contributed by atoms with Crippen LogP contribution < -0.4 is 5.73 Å². The molecule has 0 amide bonds. The molecule has 1 fully saturated rings. The van der Waals surface area contributed by atoms with Gasteiger partial charge in [0.05, 0.1) is 0 Å². The van der Waals surface area contributed by atoms with Crippen LogP contribution in [0, 0.1) is 12.8 Å². The number of nitrogens with two attached hydrogens (primary N) is 1. The summed E-state index contributed by atoms with van der Waals surface area (Å²) in [6.07, 6.45) is 4.04. The molecule has 66 valence electrons. The monoisotopic (exact) mass is 181 g/mol. The van der Waals surface area contributed by atoms with Gasteiger partial charge >= 0.3 is 0 Å². The number of hydrogen-bond acceptors (Lipinski definition) is 2. The van der Waals surface area contributed by atoms with Crippen LogP contribution in [0.25, 0.3) is 0 Å². The first-order chi connectivity index (χ1) is 5.79. The number of rotatable bonds is 2. The molecule has 0 bridgehead atoms. The van der Waals surface area contributed by atoms with Crippen LogP contribution in [0.5, 0.6) is 0 Å². The summed E-state index contributed by atoms with van der Waals surface area (Å²) >= 11 is 1.81. The Morgan fingerprint density at radius 2 is 2.33 bits per heavy atom. The molecule has 2 N–H and O–H groups in total. The maximum Gasteiger partial charge on any atom is 0.0421 e. The van der Waals surface area contributed by atoms with Crippen molar-refractivity contribution in [2.75, 3.05) is 0 Å². The third-order valence-corrected chi connectivity index (χ3v) is 3.98. The highest BCUT2D eigenvalue weighted by Gasteiger charge is 2.26. The van der Waals surface area contributed by atoms with E-state index < -0.39 is 0 Å². The molecular formula is C10H15NS. The summed E-state index contributed by atoms with van der Waals surface area (Å²) in [6.45, 7) is 2.16. The van der Waals surface area contributed by atoms with Gasteiger partial charge in [-0.25, -0.2) is 0 Å². The molecule has 2 rings (SSSR count). The smallest absolute Gasteiger partial charge is 0.0421 e. The predicted molar refractivity (Wildman–Crippen MR) is 53.3 cm³/mol. The fraction of sp³-hybridized carbons (Fsp3) is 0.600. The van der Waals surface area contributed by atoms with Gasteiger partial charge in [-0.15, -0.1) is 11.3 Å². The van der Waals surface area contributed by atoms with Crippen LogP contribution in [-0.4, -0.2) is 0 Å². The van der Waals surface area contributed by atoms with Crippen molar-refractivity contribution in [1.29, 1.82) is 0 Å². The first kappa shape index (κ1) is 8.27. The Morgan fingerprint density at radius 3 is 2.75 bits per heavy atom. The summed E-state index contributed by atoms with van der Waals surface area (Å²) in [5, 5.41) is 2.14. The molecule has 0 aromatic carbocycles. The Hall–Kier alpha value is -0.340. The number of hydrogen-bond donors (Lipinski definition) is 1. The van der Waals surface area contributed by atoms with Gasteiger partial charge in [-0.2, -0.15) is 0 Å². The van der Waals surface area contributed by atoms with Crippen molar-refractivity contribution < 1.29 is 0 Å². The van der Waals surface area contributed by atoms with Crippen LogP contribution in [0.3, 0.4) is 0 Å². The lowest BCUT2D eigenvalue weighted by Gasteiger charge is -2.31. The molecule has 1 heterocycles. The summed E-state index contributed by atoms with van der Waals surface area (Å²) in [7, 11) is 0. The molecule has 1 aliphatic carbocycles. The van der Waals surface area contributed by atoms with E-state index in [1.807, 2.05) is 11.3 Å². The minimum atomic E-state index is 0.318. The minimum Gasteiger partial charge on any atom is -0.323 e. The van der Waals surface area contributed by atoms with Crippen molar-refractivity contribution in [3.05, 3.63) is 21.9 Å². The molecule has 1 atom stereocenters. The zero-order chi connectivity index (χ0) is 8.55. The van der Waals surface area contributed by atoms with E-state index in [4.69, 9.17) is 5.73 Å². The highest BCUT2D eigenvalue weighted by Crippen LogP contribution is 2.38. The van der Waals surface area contributed by atoms with Gasteiger partial charge in [0.25, 0.3) is 0 Å². The van der Waals surface area contributed by atoms with Crippen LogP contribution in [-0.2, 0) is 0 Å². The number of thiophene rings is 1. The molecule has 1 aromatic rings. The van der Waals surface area contributed by atoms with Gasteiger partial charge < -0.3 is 5.73 Å². The average molecular weight is 181 g/mol. The molecular weight excluding hydrogens is 166 g/mol. The first-order valence-corrected chi connectivity index (χ1v) is 5.46. The van der Waals surface area contributed by atoms with Gasteiger partial charge in [-0.1, -0.05) is 6.42 Å². The van der Waals surface area contributed by atoms with E-state index in [1.165, 1.54) is 29.7 Å². The van der Waals surface area contributed by atoms with Crippen LogP contribution in [0.15, 0.2) is 11.4 Å². The molecule has 1 unspecified atom stereocenters.